The molecule has 0 aliphatic heterocycles. The first kappa shape index (κ1) is 15.3. The summed E-state index contributed by atoms with van der Waals surface area (Å²) in [6.07, 6.45) is 0.857. The molecule has 0 aliphatic rings. The summed E-state index contributed by atoms with van der Waals surface area (Å²) in [4.78, 5) is 16.1. The van der Waals surface area contributed by atoms with E-state index in [2.05, 4.69) is 10.3 Å². The Morgan fingerprint density at radius 1 is 1.29 bits per heavy atom. The number of carbonyl (C=O) groups excluding carboxylic acids is 1. The molecule has 0 aliphatic carbocycles. The van der Waals surface area contributed by atoms with Crippen LogP contribution in [-0.2, 0) is 4.79 Å². The van der Waals surface area contributed by atoms with E-state index in [1.54, 1.807) is 19.1 Å². The zero-order valence-electron chi connectivity index (χ0n) is 12.2. The summed E-state index contributed by atoms with van der Waals surface area (Å²) in [7, 11) is 0. The Kier molecular flexibility index (Phi) is 4.81. The van der Waals surface area contributed by atoms with Gasteiger partial charge in [0.15, 0.2) is 6.10 Å². The van der Waals surface area contributed by atoms with E-state index in [4.69, 9.17) is 16.3 Å². The van der Waals surface area contributed by atoms with Crippen LogP contribution >= 0.6 is 11.6 Å². The fourth-order valence-electron chi connectivity index (χ4n) is 1.77. The molecule has 1 atom stereocenters. The molecule has 1 amide bonds. The third-order valence-electron chi connectivity index (χ3n) is 3.21. The molecule has 0 unspecified atom stereocenters. The number of nitrogens with one attached hydrogen (secondary N) is 1. The summed E-state index contributed by atoms with van der Waals surface area (Å²) in [5.74, 6) is 0.897. The van der Waals surface area contributed by atoms with E-state index in [-0.39, 0.29) is 5.91 Å². The van der Waals surface area contributed by atoms with Crippen molar-refractivity contribution in [3.63, 3.8) is 0 Å². The number of halogens is 1. The number of aryl methyl sites for hydroxylation is 1. The van der Waals surface area contributed by atoms with Crippen LogP contribution in [0.3, 0.4) is 0 Å². The SMILES string of the molecule is Cc1cccc(O[C@H](C)C(=O)Nc2ccc(Cl)cn2)c1C. The van der Waals surface area contributed by atoms with Crippen molar-refractivity contribution in [2.24, 2.45) is 0 Å². The number of pyridine rings is 1. The van der Waals surface area contributed by atoms with Crippen LogP contribution in [0.25, 0.3) is 0 Å². The van der Waals surface area contributed by atoms with Crippen LogP contribution in [0.4, 0.5) is 5.82 Å². The molecule has 0 saturated carbocycles. The van der Waals surface area contributed by atoms with E-state index in [0.29, 0.717) is 16.6 Å². The Balaban J connectivity index is 2.02. The summed E-state index contributed by atoms with van der Waals surface area (Å²) >= 11 is 5.75. The number of amides is 1. The van der Waals surface area contributed by atoms with Gasteiger partial charge in [0.1, 0.15) is 11.6 Å². The first-order chi connectivity index (χ1) is 9.97. The third kappa shape index (κ3) is 3.95. The molecule has 0 fully saturated rings. The molecule has 2 aromatic rings. The number of rotatable bonds is 4. The second-order valence-corrected chi connectivity index (χ2v) is 5.25. The minimum atomic E-state index is -0.622. The molecule has 1 N–H and O–H groups in total. The van der Waals surface area contributed by atoms with Crippen LogP contribution in [0.2, 0.25) is 5.02 Å². The predicted octanol–water partition coefficient (Wildman–Crippen LogP) is 3.76. The Morgan fingerprint density at radius 2 is 2.05 bits per heavy atom. The topological polar surface area (TPSA) is 51.2 Å². The molecule has 110 valence electrons. The average molecular weight is 305 g/mol. The van der Waals surface area contributed by atoms with Crippen molar-refractivity contribution in [3.05, 3.63) is 52.7 Å². The minimum absolute atomic E-state index is 0.259. The number of hydrogen-bond donors (Lipinski definition) is 1. The Bertz CT molecular complexity index is 641. The third-order valence-corrected chi connectivity index (χ3v) is 3.43. The summed E-state index contributed by atoms with van der Waals surface area (Å²) in [6.45, 7) is 5.67. The maximum Gasteiger partial charge on any atom is 0.266 e. The van der Waals surface area contributed by atoms with Gasteiger partial charge >= 0.3 is 0 Å². The number of hydrogen-bond acceptors (Lipinski definition) is 3. The molecule has 21 heavy (non-hydrogen) atoms. The molecule has 5 heteroatoms. The number of nitrogens with zero attached hydrogens (tertiary/aromatic N) is 1. The first-order valence-corrected chi connectivity index (χ1v) is 7.00. The fourth-order valence-corrected chi connectivity index (χ4v) is 1.89. The molecule has 0 spiro atoms. The number of ether oxygens (including phenoxy) is 1. The molecule has 0 bridgehead atoms. The van der Waals surface area contributed by atoms with Crippen molar-refractivity contribution in [2.75, 3.05) is 5.32 Å². The van der Waals surface area contributed by atoms with E-state index in [0.717, 1.165) is 11.1 Å². The van der Waals surface area contributed by atoms with Crippen LogP contribution in [0.1, 0.15) is 18.1 Å². The zero-order valence-corrected chi connectivity index (χ0v) is 12.9. The number of anilines is 1. The van der Waals surface area contributed by atoms with Crippen LogP contribution < -0.4 is 10.1 Å². The summed E-state index contributed by atoms with van der Waals surface area (Å²) in [6, 6.07) is 9.07. The molecule has 0 radical (unpaired) electrons. The van der Waals surface area contributed by atoms with Crippen LogP contribution in [0, 0.1) is 13.8 Å². The lowest BCUT2D eigenvalue weighted by molar-refractivity contribution is -0.122. The Labute approximate surface area is 129 Å². The standard InChI is InChI=1S/C16H17ClN2O2/c1-10-5-4-6-14(11(10)2)21-12(3)16(20)19-15-8-7-13(17)9-18-15/h4-9,12H,1-3H3,(H,18,19,20)/t12-/m1/s1. The van der Waals surface area contributed by atoms with Crippen LogP contribution in [0.15, 0.2) is 36.5 Å². The first-order valence-electron chi connectivity index (χ1n) is 6.62. The van der Waals surface area contributed by atoms with Crippen LogP contribution in [-0.4, -0.2) is 17.0 Å². The van der Waals surface area contributed by atoms with Crippen molar-refractivity contribution in [3.8, 4) is 5.75 Å². The highest BCUT2D eigenvalue weighted by Crippen LogP contribution is 2.22. The number of carbonyl (C=O) groups is 1. The molecule has 0 saturated heterocycles. The summed E-state index contributed by atoms with van der Waals surface area (Å²) in [5, 5.41) is 3.21. The summed E-state index contributed by atoms with van der Waals surface area (Å²) < 4.78 is 5.72. The van der Waals surface area contributed by atoms with E-state index < -0.39 is 6.10 Å². The molecule has 2 rings (SSSR count). The van der Waals surface area contributed by atoms with Gasteiger partial charge in [0.25, 0.3) is 5.91 Å². The van der Waals surface area contributed by atoms with Gasteiger partial charge in [-0.15, -0.1) is 0 Å². The smallest absolute Gasteiger partial charge is 0.266 e. The van der Waals surface area contributed by atoms with Gasteiger partial charge in [0, 0.05) is 6.20 Å². The highest BCUT2D eigenvalue weighted by atomic mass is 35.5. The van der Waals surface area contributed by atoms with Crippen molar-refractivity contribution in [1.29, 1.82) is 0 Å². The van der Waals surface area contributed by atoms with Crippen molar-refractivity contribution < 1.29 is 9.53 Å². The number of benzene rings is 1. The molecular weight excluding hydrogens is 288 g/mol. The fraction of sp³-hybridized carbons (Fsp3) is 0.250. The van der Waals surface area contributed by atoms with Gasteiger partial charge in [0.05, 0.1) is 5.02 Å². The second-order valence-electron chi connectivity index (χ2n) is 4.81. The predicted molar refractivity (Wildman–Crippen MR) is 83.9 cm³/mol. The van der Waals surface area contributed by atoms with Gasteiger partial charge in [-0.05, 0) is 50.1 Å². The average Bonchev–Trinajstić information content (AvgIpc) is 2.46. The molecule has 1 aromatic heterocycles. The number of aromatic nitrogens is 1. The van der Waals surface area contributed by atoms with Gasteiger partial charge in [0.2, 0.25) is 0 Å². The quantitative estimate of drug-likeness (QED) is 0.935. The minimum Gasteiger partial charge on any atom is -0.481 e. The summed E-state index contributed by atoms with van der Waals surface area (Å²) in [5.41, 5.74) is 2.15. The Morgan fingerprint density at radius 3 is 2.71 bits per heavy atom. The lowest BCUT2D eigenvalue weighted by Crippen LogP contribution is -2.30. The van der Waals surface area contributed by atoms with E-state index in [9.17, 15) is 4.79 Å². The van der Waals surface area contributed by atoms with Crippen molar-refractivity contribution in [1.82, 2.24) is 4.98 Å². The van der Waals surface area contributed by atoms with Crippen molar-refractivity contribution >= 4 is 23.3 Å². The maximum atomic E-state index is 12.1. The molecular formula is C16H17ClN2O2. The molecule has 1 aromatic carbocycles. The second kappa shape index (κ2) is 6.59. The normalized spacial score (nSPS) is 11.8. The highest BCUT2D eigenvalue weighted by molar-refractivity contribution is 6.30. The van der Waals surface area contributed by atoms with Gasteiger partial charge in [-0.3, -0.25) is 4.79 Å². The maximum absolute atomic E-state index is 12.1. The van der Waals surface area contributed by atoms with E-state index in [1.807, 2.05) is 32.0 Å². The molecule has 1 heterocycles. The van der Waals surface area contributed by atoms with Gasteiger partial charge in [-0.2, -0.15) is 0 Å². The zero-order chi connectivity index (χ0) is 15.4. The lowest BCUT2D eigenvalue weighted by atomic mass is 10.1. The van der Waals surface area contributed by atoms with E-state index in [1.165, 1.54) is 6.20 Å². The van der Waals surface area contributed by atoms with Gasteiger partial charge < -0.3 is 10.1 Å². The van der Waals surface area contributed by atoms with Crippen molar-refractivity contribution in [2.45, 2.75) is 26.9 Å². The van der Waals surface area contributed by atoms with Gasteiger partial charge in [-0.25, -0.2) is 4.98 Å². The Hall–Kier alpha value is -2.07. The highest BCUT2D eigenvalue weighted by Gasteiger charge is 2.16. The monoisotopic (exact) mass is 304 g/mol. The van der Waals surface area contributed by atoms with E-state index >= 15 is 0 Å². The largest absolute Gasteiger partial charge is 0.481 e. The van der Waals surface area contributed by atoms with Gasteiger partial charge in [-0.1, -0.05) is 23.7 Å². The lowest BCUT2D eigenvalue weighted by Gasteiger charge is -2.16. The van der Waals surface area contributed by atoms with Crippen LogP contribution in [0.5, 0.6) is 5.75 Å². The molecule has 4 nitrogen and oxygen atoms in total.